The number of halogens is 1. The molecule has 0 aromatic heterocycles. The van der Waals surface area contributed by atoms with Crippen molar-refractivity contribution in [3.63, 3.8) is 0 Å². The number of nitrogens with one attached hydrogen (secondary N) is 1. The number of hydrogen-bond acceptors (Lipinski definition) is 3. The molecule has 0 aliphatic heterocycles. The molecule has 150 valence electrons. The quantitative estimate of drug-likeness (QED) is 0.358. The zero-order valence-electron chi connectivity index (χ0n) is 16.9. The highest BCUT2D eigenvalue weighted by Crippen LogP contribution is 2.15. The Kier molecular flexibility index (Phi) is 10.8. The van der Waals surface area contributed by atoms with Crippen molar-refractivity contribution in [1.82, 2.24) is 10.2 Å². The van der Waals surface area contributed by atoms with Gasteiger partial charge in [0.25, 0.3) is 0 Å². The number of aryl methyl sites for hydroxylation is 1. The first-order valence-corrected chi connectivity index (χ1v) is 10.6. The maximum absolute atomic E-state index is 12.2. The second-order valence-electron chi connectivity index (χ2n) is 7.19. The average Bonchev–Trinajstić information content (AvgIpc) is 2.53. The Balaban J connectivity index is 0.00000625. The summed E-state index contributed by atoms with van der Waals surface area (Å²) < 4.78 is 23.7. The van der Waals surface area contributed by atoms with E-state index in [-0.39, 0.29) is 36.3 Å². The summed E-state index contributed by atoms with van der Waals surface area (Å²) in [5.74, 6) is 0.788. The molecule has 26 heavy (non-hydrogen) atoms. The van der Waals surface area contributed by atoms with E-state index in [9.17, 15) is 8.42 Å². The number of hydrogen-bond donors (Lipinski definition) is 1. The van der Waals surface area contributed by atoms with Crippen LogP contribution in [0.15, 0.2) is 29.3 Å². The summed E-state index contributed by atoms with van der Waals surface area (Å²) in [5, 5.41) is 3.23. The standard InChI is InChI=1S/C19H33N3O2S.HI/c1-7-16-9-11-17(12-10-16)15-22(6)18(20-8-2)21-13-14-25(23,24)19(3,4)5;/h9-12H,7-8,13-15H2,1-6H3,(H,20,21);1H. The largest absolute Gasteiger partial charge is 0.357 e. The Morgan fingerprint density at radius 2 is 1.65 bits per heavy atom. The Bertz CT molecular complexity index is 665. The fraction of sp³-hybridized carbons (Fsp3) is 0.632. The molecular weight excluding hydrogens is 461 g/mol. The predicted molar refractivity (Wildman–Crippen MR) is 122 cm³/mol. The molecule has 0 unspecified atom stereocenters. The molecule has 0 bridgehead atoms. The Morgan fingerprint density at radius 1 is 1.12 bits per heavy atom. The van der Waals surface area contributed by atoms with Crippen molar-refractivity contribution in [3.05, 3.63) is 35.4 Å². The summed E-state index contributed by atoms with van der Waals surface area (Å²) >= 11 is 0. The molecule has 0 spiro atoms. The lowest BCUT2D eigenvalue weighted by Gasteiger charge is -2.23. The molecule has 0 amide bonds. The second kappa shape index (κ2) is 11.1. The molecular formula is C19H34IN3O2S. The minimum Gasteiger partial charge on any atom is -0.357 e. The monoisotopic (exact) mass is 495 g/mol. The topological polar surface area (TPSA) is 61.8 Å². The van der Waals surface area contributed by atoms with E-state index in [1.54, 1.807) is 20.8 Å². The zero-order valence-corrected chi connectivity index (χ0v) is 20.0. The van der Waals surface area contributed by atoms with Gasteiger partial charge in [0.15, 0.2) is 15.8 Å². The van der Waals surface area contributed by atoms with Crippen molar-refractivity contribution in [2.45, 2.75) is 52.3 Å². The number of benzene rings is 1. The number of nitrogens with zero attached hydrogens (tertiary/aromatic N) is 2. The SMILES string of the molecule is CCNC(=NCCS(=O)(=O)C(C)(C)C)N(C)Cc1ccc(CC)cc1.I. The molecule has 1 aromatic carbocycles. The van der Waals surface area contributed by atoms with E-state index in [2.05, 4.69) is 41.5 Å². The van der Waals surface area contributed by atoms with Crippen LogP contribution in [0.1, 0.15) is 45.7 Å². The maximum Gasteiger partial charge on any atom is 0.193 e. The number of rotatable bonds is 7. The first-order chi connectivity index (χ1) is 11.6. The lowest BCUT2D eigenvalue weighted by atomic mass is 10.1. The van der Waals surface area contributed by atoms with E-state index in [0.29, 0.717) is 0 Å². The van der Waals surface area contributed by atoms with Crippen LogP contribution >= 0.6 is 24.0 Å². The van der Waals surface area contributed by atoms with Gasteiger partial charge in [-0.2, -0.15) is 0 Å². The van der Waals surface area contributed by atoms with E-state index >= 15 is 0 Å². The van der Waals surface area contributed by atoms with Gasteiger partial charge >= 0.3 is 0 Å². The molecule has 0 saturated heterocycles. The Labute approximate surface area is 176 Å². The van der Waals surface area contributed by atoms with Crippen molar-refractivity contribution in [1.29, 1.82) is 0 Å². The summed E-state index contributed by atoms with van der Waals surface area (Å²) in [6.45, 7) is 11.1. The third-order valence-electron chi connectivity index (χ3n) is 4.10. The summed E-state index contributed by atoms with van der Waals surface area (Å²) in [6, 6.07) is 8.54. The predicted octanol–water partition coefficient (Wildman–Crippen LogP) is 3.48. The lowest BCUT2D eigenvalue weighted by molar-refractivity contribution is 0.477. The van der Waals surface area contributed by atoms with Crippen LogP contribution in [0.4, 0.5) is 0 Å². The van der Waals surface area contributed by atoms with Crippen LogP contribution in [0.3, 0.4) is 0 Å². The molecule has 5 nitrogen and oxygen atoms in total. The van der Waals surface area contributed by atoms with Crippen LogP contribution in [0.25, 0.3) is 0 Å². The first-order valence-electron chi connectivity index (χ1n) is 8.90. The highest BCUT2D eigenvalue weighted by atomic mass is 127. The fourth-order valence-electron chi connectivity index (χ4n) is 2.28. The molecule has 0 aliphatic rings. The molecule has 0 saturated carbocycles. The Hall–Kier alpha value is -0.830. The van der Waals surface area contributed by atoms with Gasteiger partial charge in [0, 0.05) is 20.1 Å². The van der Waals surface area contributed by atoms with Crippen molar-refractivity contribution in [3.8, 4) is 0 Å². The number of guanidine groups is 1. The average molecular weight is 495 g/mol. The zero-order chi connectivity index (χ0) is 19.1. The van der Waals surface area contributed by atoms with Crippen LogP contribution in [-0.2, 0) is 22.8 Å². The summed E-state index contributed by atoms with van der Waals surface area (Å²) in [5.41, 5.74) is 2.52. The molecule has 0 atom stereocenters. The Morgan fingerprint density at radius 3 is 2.12 bits per heavy atom. The van der Waals surface area contributed by atoms with Crippen LogP contribution in [-0.4, -0.2) is 49.9 Å². The van der Waals surface area contributed by atoms with Crippen molar-refractivity contribution >= 4 is 39.8 Å². The van der Waals surface area contributed by atoms with Gasteiger partial charge in [0.2, 0.25) is 0 Å². The summed E-state index contributed by atoms with van der Waals surface area (Å²) in [6.07, 6.45) is 1.03. The van der Waals surface area contributed by atoms with Crippen molar-refractivity contribution < 1.29 is 8.42 Å². The summed E-state index contributed by atoms with van der Waals surface area (Å²) in [4.78, 5) is 6.52. The van der Waals surface area contributed by atoms with Gasteiger partial charge in [-0.1, -0.05) is 31.2 Å². The van der Waals surface area contributed by atoms with Gasteiger partial charge in [-0.3, -0.25) is 4.99 Å². The van der Waals surface area contributed by atoms with Gasteiger partial charge in [-0.15, -0.1) is 24.0 Å². The lowest BCUT2D eigenvalue weighted by Crippen LogP contribution is -2.39. The third kappa shape index (κ3) is 7.82. The van der Waals surface area contributed by atoms with Crippen molar-refractivity contribution in [2.75, 3.05) is 25.9 Å². The van der Waals surface area contributed by atoms with E-state index < -0.39 is 14.6 Å². The fourth-order valence-corrected chi connectivity index (χ4v) is 3.22. The van der Waals surface area contributed by atoms with Crippen LogP contribution in [0.2, 0.25) is 0 Å². The van der Waals surface area contributed by atoms with Crippen LogP contribution in [0, 0.1) is 0 Å². The van der Waals surface area contributed by atoms with Gasteiger partial charge < -0.3 is 10.2 Å². The smallest absolute Gasteiger partial charge is 0.193 e. The van der Waals surface area contributed by atoms with Gasteiger partial charge in [-0.05, 0) is 45.2 Å². The van der Waals surface area contributed by atoms with E-state index in [1.165, 1.54) is 11.1 Å². The first kappa shape index (κ1) is 25.2. The third-order valence-corrected chi connectivity index (χ3v) is 6.69. The molecule has 1 rings (SSSR count). The van der Waals surface area contributed by atoms with Crippen molar-refractivity contribution in [2.24, 2.45) is 4.99 Å². The van der Waals surface area contributed by atoms with Crippen LogP contribution in [0.5, 0.6) is 0 Å². The minimum atomic E-state index is -3.15. The normalized spacial score (nSPS) is 12.5. The second-order valence-corrected chi connectivity index (χ2v) is 10.1. The van der Waals surface area contributed by atoms with Gasteiger partial charge in [0.1, 0.15) is 0 Å². The molecule has 0 heterocycles. The summed E-state index contributed by atoms with van der Waals surface area (Å²) in [7, 11) is -1.19. The highest BCUT2D eigenvalue weighted by Gasteiger charge is 2.28. The van der Waals surface area contributed by atoms with Gasteiger partial charge in [-0.25, -0.2) is 8.42 Å². The molecule has 1 N–H and O–H groups in total. The molecule has 0 radical (unpaired) electrons. The molecule has 0 fully saturated rings. The molecule has 1 aromatic rings. The van der Waals surface area contributed by atoms with Gasteiger partial charge in [0.05, 0.1) is 17.0 Å². The number of sulfone groups is 1. The highest BCUT2D eigenvalue weighted by molar-refractivity contribution is 14.0. The molecule has 7 heteroatoms. The molecule has 0 aliphatic carbocycles. The number of aliphatic imine (C=N–C) groups is 1. The van der Waals surface area contributed by atoms with E-state index in [1.807, 2.05) is 18.9 Å². The van der Waals surface area contributed by atoms with E-state index in [4.69, 9.17) is 0 Å². The maximum atomic E-state index is 12.2. The van der Waals surface area contributed by atoms with Crippen LogP contribution < -0.4 is 5.32 Å². The van der Waals surface area contributed by atoms with E-state index in [0.717, 1.165) is 25.5 Å². The minimum absolute atomic E-state index is 0.